The van der Waals surface area contributed by atoms with Gasteiger partial charge in [0, 0.05) is 71.6 Å². The van der Waals surface area contributed by atoms with Crippen molar-refractivity contribution in [2.24, 2.45) is 0 Å². The highest BCUT2D eigenvalue weighted by atomic mass is 35.5. The van der Waals surface area contributed by atoms with Crippen LogP contribution in [0.15, 0.2) is 82.5 Å². The van der Waals surface area contributed by atoms with E-state index in [4.69, 9.17) is 28.3 Å². The fraction of sp³-hybridized carbons (Fsp3) is 0.310. The predicted octanol–water partition coefficient (Wildman–Crippen LogP) is 5.94. The number of aromatic nitrogens is 3. The summed E-state index contributed by atoms with van der Waals surface area (Å²) < 4.78 is 3.43. The third-order valence-electron chi connectivity index (χ3n) is 7.27. The summed E-state index contributed by atoms with van der Waals surface area (Å²) in [6, 6.07) is 24.2. The molecule has 0 aliphatic carbocycles. The number of hydrogen-bond acceptors (Lipinski definition) is 5. The number of hydrogen-bond donors (Lipinski definition) is 0. The van der Waals surface area contributed by atoms with Gasteiger partial charge in [0.05, 0.1) is 5.69 Å². The van der Waals surface area contributed by atoms with Crippen LogP contribution in [0.4, 0.5) is 5.69 Å². The van der Waals surface area contributed by atoms with Gasteiger partial charge in [-0.3, -0.25) is 4.90 Å². The van der Waals surface area contributed by atoms with Crippen LogP contribution in [0.3, 0.4) is 0 Å². The van der Waals surface area contributed by atoms with Crippen LogP contribution in [0.1, 0.15) is 23.1 Å². The Morgan fingerprint density at radius 2 is 1.66 bits per heavy atom. The van der Waals surface area contributed by atoms with E-state index in [1.54, 1.807) is 21.0 Å². The summed E-state index contributed by atoms with van der Waals surface area (Å²) in [6.07, 6.45) is 1.55. The van der Waals surface area contributed by atoms with Crippen molar-refractivity contribution in [3.05, 3.63) is 105 Å². The molecule has 2 aliphatic heterocycles. The van der Waals surface area contributed by atoms with E-state index in [2.05, 4.69) is 40.1 Å². The van der Waals surface area contributed by atoms with Crippen LogP contribution in [0, 0.1) is 0 Å². The van der Waals surface area contributed by atoms with Crippen LogP contribution in [-0.4, -0.2) is 52.0 Å². The Morgan fingerprint density at radius 1 is 0.868 bits per heavy atom. The quantitative estimate of drug-likeness (QED) is 0.289. The highest BCUT2D eigenvalue weighted by Gasteiger charge is 2.27. The second kappa shape index (κ2) is 11.2. The van der Waals surface area contributed by atoms with Crippen molar-refractivity contribution < 1.29 is 0 Å². The Bertz CT molecular complexity index is 1480. The third kappa shape index (κ3) is 5.38. The maximum absolute atomic E-state index is 13.6. The summed E-state index contributed by atoms with van der Waals surface area (Å²) >= 11 is 14.3. The van der Waals surface area contributed by atoms with E-state index in [1.807, 2.05) is 42.5 Å². The molecule has 0 spiro atoms. The number of halogens is 2. The first-order chi connectivity index (χ1) is 18.5. The van der Waals surface area contributed by atoms with Crippen molar-refractivity contribution in [3.8, 4) is 5.69 Å². The summed E-state index contributed by atoms with van der Waals surface area (Å²) in [4.78, 5) is 19.4. The molecule has 1 unspecified atom stereocenters. The Kier molecular flexibility index (Phi) is 7.52. The maximum atomic E-state index is 13.6. The molecule has 3 heterocycles. The van der Waals surface area contributed by atoms with Gasteiger partial charge >= 0.3 is 5.69 Å². The van der Waals surface area contributed by atoms with Gasteiger partial charge in [-0.15, -0.1) is 11.8 Å². The largest absolute Gasteiger partial charge is 0.369 e. The van der Waals surface area contributed by atoms with Gasteiger partial charge < -0.3 is 4.90 Å². The third-order valence-corrected chi connectivity index (χ3v) is 9.04. The molecule has 3 aromatic carbocycles. The number of benzene rings is 3. The SMILES string of the molecule is O=c1n(CCCN2CCN(c3cccc(Cl)c3)CC2)nc2n1-c1ccc(Cl)cc1SC(c1ccccc1)C2. The van der Waals surface area contributed by atoms with Gasteiger partial charge in [-0.1, -0.05) is 59.6 Å². The second-order valence-corrected chi connectivity index (χ2v) is 11.9. The molecular weight excluding hydrogens is 537 g/mol. The standard InChI is InChI=1S/C29H29Cl2N5OS/c30-22-8-4-9-24(18-22)34-16-14-33(15-17-34)12-5-13-35-29(37)36-25-11-10-23(31)19-27(25)38-26(20-28(36)32-35)21-6-2-1-3-7-21/h1-4,6-11,18-19,26H,5,12-17,20H2. The van der Waals surface area contributed by atoms with Crippen LogP contribution >= 0.6 is 35.0 Å². The average molecular weight is 567 g/mol. The Balaban J connectivity index is 1.15. The molecule has 0 radical (unpaired) electrons. The summed E-state index contributed by atoms with van der Waals surface area (Å²) in [7, 11) is 0. The van der Waals surface area contributed by atoms with Crippen molar-refractivity contribution in [2.75, 3.05) is 37.6 Å². The Morgan fingerprint density at radius 3 is 2.45 bits per heavy atom. The number of fused-ring (bicyclic) bond motifs is 3. The number of thioether (sulfide) groups is 1. The molecule has 0 amide bonds. The first-order valence-corrected chi connectivity index (χ1v) is 14.6. The van der Waals surface area contributed by atoms with Gasteiger partial charge in [-0.2, -0.15) is 5.10 Å². The maximum Gasteiger partial charge on any atom is 0.350 e. The van der Waals surface area contributed by atoms with E-state index in [1.165, 1.54) is 11.3 Å². The number of anilines is 1. The molecule has 9 heteroatoms. The van der Waals surface area contributed by atoms with Crippen LogP contribution in [0.2, 0.25) is 10.0 Å². The summed E-state index contributed by atoms with van der Waals surface area (Å²) in [5.74, 6) is 0.799. The number of aryl methyl sites for hydroxylation is 1. The van der Waals surface area contributed by atoms with Gasteiger partial charge in [0.1, 0.15) is 5.82 Å². The molecule has 0 N–H and O–H groups in total. The van der Waals surface area contributed by atoms with Crippen molar-refractivity contribution in [1.82, 2.24) is 19.2 Å². The second-order valence-electron chi connectivity index (χ2n) is 9.75. The lowest BCUT2D eigenvalue weighted by molar-refractivity contribution is 0.248. The smallest absolute Gasteiger partial charge is 0.350 e. The van der Waals surface area contributed by atoms with E-state index in [0.717, 1.165) is 60.6 Å². The summed E-state index contributed by atoms with van der Waals surface area (Å²) in [6.45, 7) is 5.45. The van der Waals surface area contributed by atoms with Gasteiger partial charge in [-0.25, -0.2) is 14.0 Å². The zero-order valence-corrected chi connectivity index (χ0v) is 23.3. The van der Waals surface area contributed by atoms with Crippen LogP contribution in [-0.2, 0) is 13.0 Å². The average Bonchev–Trinajstić information content (AvgIpc) is 3.13. The Labute approximate surface area is 236 Å². The van der Waals surface area contributed by atoms with Crippen LogP contribution < -0.4 is 10.6 Å². The normalized spacial score (nSPS) is 17.6. The molecule has 1 aromatic heterocycles. The molecule has 6 nitrogen and oxygen atoms in total. The van der Waals surface area contributed by atoms with Crippen molar-refractivity contribution in [3.63, 3.8) is 0 Å². The van der Waals surface area contributed by atoms with E-state index in [9.17, 15) is 4.79 Å². The number of piperazine rings is 1. The molecule has 2 aliphatic rings. The highest BCUT2D eigenvalue weighted by Crippen LogP contribution is 2.43. The molecule has 1 fully saturated rings. The van der Waals surface area contributed by atoms with Gasteiger partial charge in [0.25, 0.3) is 0 Å². The minimum Gasteiger partial charge on any atom is -0.369 e. The zero-order valence-electron chi connectivity index (χ0n) is 21.0. The minimum absolute atomic E-state index is 0.0799. The lowest BCUT2D eigenvalue weighted by Gasteiger charge is -2.36. The minimum atomic E-state index is -0.0799. The van der Waals surface area contributed by atoms with E-state index < -0.39 is 0 Å². The molecule has 1 saturated heterocycles. The molecule has 0 saturated carbocycles. The van der Waals surface area contributed by atoms with Gasteiger partial charge in [-0.05, 0) is 48.4 Å². The van der Waals surface area contributed by atoms with E-state index in [0.29, 0.717) is 18.0 Å². The zero-order chi connectivity index (χ0) is 26.1. The van der Waals surface area contributed by atoms with Crippen molar-refractivity contribution >= 4 is 40.7 Å². The van der Waals surface area contributed by atoms with Gasteiger partial charge in [0.2, 0.25) is 0 Å². The highest BCUT2D eigenvalue weighted by molar-refractivity contribution is 7.99. The fourth-order valence-electron chi connectivity index (χ4n) is 5.30. The van der Waals surface area contributed by atoms with Crippen molar-refractivity contribution in [2.45, 2.75) is 29.5 Å². The predicted molar refractivity (Wildman–Crippen MR) is 156 cm³/mol. The molecule has 38 heavy (non-hydrogen) atoms. The lowest BCUT2D eigenvalue weighted by atomic mass is 10.1. The monoisotopic (exact) mass is 565 g/mol. The molecule has 4 aromatic rings. The molecule has 6 rings (SSSR count). The van der Waals surface area contributed by atoms with Crippen LogP contribution in [0.5, 0.6) is 0 Å². The first kappa shape index (κ1) is 25.6. The molecule has 1 atom stereocenters. The first-order valence-electron chi connectivity index (χ1n) is 13.0. The Hall–Kier alpha value is -2.71. The van der Waals surface area contributed by atoms with Gasteiger partial charge in [0.15, 0.2) is 0 Å². The van der Waals surface area contributed by atoms with Crippen LogP contribution in [0.25, 0.3) is 5.69 Å². The topological polar surface area (TPSA) is 46.3 Å². The van der Waals surface area contributed by atoms with E-state index >= 15 is 0 Å². The summed E-state index contributed by atoms with van der Waals surface area (Å²) in [5, 5.41) is 6.43. The molecule has 196 valence electrons. The lowest BCUT2D eigenvalue weighted by Crippen LogP contribution is -2.46. The number of rotatable bonds is 6. The fourth-order valence-corrected chi connectivity index (χ4v) is 7.03. The number of nitrogens with zero attached hydrogens (tertiary/aromatic N) is 5. The molecule has 0 bridgehead atoms. The van der Waals surface area contributed by atoms with Crippen molar-refractivity contribution in [1.29, 1.82) is 0 Å². The van der Waals surface area contributed by atoms with E-state index in [-0.39, 0.29) is 10.9 Å². The summed E-state index contributed by atoms with van der Waals surface area (Å²) in [5.41, 5.74) is 3.18. The molecular formula is C29H29Cl2N5OS.